The molecule has 0 spiro atoms. The highest BCUT2D eigenvalue weighted by Crippen LogP contribution is 2.19. The van der Waals surface area contributed by atoms with E-state index in [9.17, 15) is 0 Å². The Hall–Kier alpha value is -0.340. The van der Waals surface area contributed by atoms with Gasteiger partial charge in [-0.1, -0.05) is 0 Å². The Morgan fingerprint density at radius 1 is 1.33 bits per heavy atom. The zero-order valence-electron chi connectivity index (χ0n) is 7.25. The number of anilines is 1. The van der Waals surface area contributed by atoms with Crippen molar-refractivity contribution in [2.75, 3.05) is 24.2 Å². The molecule has 0 N–H and O–H groups in total. The molecular weight excluding hydrogens is 190 g/mol. The Morgan fingerprint density at radius 2 is 1.92 bits per heavy atom. The fourth-order valence-corrected chi connectivity index (χ4v) is 1.45. The normalized spacial score (nSPS) is 9.92. The van der Waals surface area contributed by atoms with E-state index in [0.717, 1.165) is 5.69 Å². The third kappa shape index (κ3) is 2.32. The van der Waals surface area contributed by atoms with Gasteiger partial charge in [-0.05, 0) is 30.5 Å². The summed E-state index contributed by atoms with van der Waals surface area (Å²) in [5.41, 5.74) is 1.16. The van der Waals surface area contributed by atoms with Crippen LogP contribution in [0.5, 0.6) is 0 Å². The minimum absolute atomic E-state index is 0.526. The van der Waals surface area contributed by atoms with Gasteiger partial charge < -0.3 is 4.90 Å². The summed E-state index contributed by atoms with van der Waals surface area (Å²) in [7, 11) is 1.97. The van der Waals surface area contributed by atoms with Crippen LogP contribution < -0.4 is 4.90 Å². The third-order valence-corrected chi connectivity index (χ3v) is 2.79. The first-order chi connectivity index (χ1) is 5.77. The van der Waals surface area contributed by atoms with Crippen molar-refractivity contribution in [3.63, 3.8) is 0 Å². The second-order valence-electron chi connectivity index (χ2n) is 2.52. The summed E-state index contributed by atoms with van der Waals surface area (Å²) in [5, 5.41) is 0. The van der Waals surface area contributed by atoms with Gasteiger partial charge in [0.25, 0.3) is 0 Å². The van der Waals surface area contributed by atoms with Crippen molar-refractivity contribution in [1.29, 1.82) is 0 Å². The van der Waals surface area contributed by atoms with E-state index in [-0.39, 0.29) is 0 Å². The van der Waals surface area contributed by atoms with Crippen molar-refractivity contribution in [1.82, 2.24) is 0 Å². The predicted molar refractivity (Wildman–Crippen MR) is 57.3 cm³/mol. The molecule has 0 saturated carbocycles. The number of nitrogens with zero attached hydrogens (tertiary/aromatic N) is 1. The third-order valence-electron chi connectivity index (χ3n) is 1.69. The zero-order chi connectivity index (χ0) is 8.97. The first-order valence-corrected chi connectivity index (χ1v) is 5.45. The van der Waals surface area contributed by atoms with Gasteiger partial charge in [-0.2, -0.15) is 0 Å². The molecule has 0 bridgehead atoms. The molecule has 0 unspecified atom stereocenters. The molecule has 1 rings (SSSR count). The Balaban J connectivity index is 2.77. The van der Waals surface area contributed by atoms with Crippen LogP contribution in [-0.2, 0) is 0 Å². The van der Waals surface area contributed by atoms with Gasteiger partial charge in [0.2, 0.25) is 0 Å². The lowest BCUT2D eigenvalue weighted by Gasteiger charge is -2.15. The van der Waals surface area contributed by atoms with Crippen molar-refractivity contribution in [3.05, 3.63) is 24.3 Å². The average Bonchev–Trinajstić information content (AvgIpc) is 2.17. The van der Waals surface area contributed by atoms with Crippen LogP contribution in [0.3, 0.4) is 0 Å². The van der Waals surface area contributed by atoms with Crippen molar-refractivity contribution in [3.8, 4) is 0 Å². The maximum atomic E-state index is 5.68. The van der Waals surface area contributed by atoms with Crippen molar-refractivity contribution in [2.45, 2.75) is 4.90 Å². The van der Waals surface area contributed by atoms with Gasteiger partial charge in [-0.3, -0.25) is 0 Å². The number of benzene rings is 1. The fourth-order valence-electron chi connectivity index (χ4n) is 0.906. The quantitative estimate of drug-likeness (QED) is 0.420. The first-order valence-electron chi connectivity index (χ1n) is 3.69. The van der Waals surface area contributed by atoms with Gasteiger partial charge in [0.15, 0.2) is 0 Å². The monoisotopic (exact) mass is 201 g/mol. The van der Waals surface area contributed by atoms with Gasteiger partial charge in [-0.15, -0.1) is 23.4 Å². The van der Waals surface area contributed by atoms with Gasteiger partial charge in [0, 0.05) is 17.6 Å². The van der Waals surface area contributed by atoms with Crippen LogP contribution in [0.1, 0.15) is 0 Å². The predicted octanol–water partition coefficient (Wildman–Crippen LogP) is 3.04. The molecular formula is C9H12ClNS. The van der Waals surface area contributed by atoms with Crippen LogP contribution in [0.4, 0.5) is 5.69 Å². The van der Waals surface area contributed by atoms with Gasteiger partial charge in [0.1, 0.15) is 0 Å². The highest BCUT2D eigenvalue weighted by Gasteiger charge is 1.97. The van der Waals surface area contributed by atoms with E-state index in [4.69, 9.17) is 11.6 Å². The Morgan fingerprint density at radius 3 is 2.33 bits per heavy atom. The molecule has 0 saturated heterocycles. The molecule has 0 atom stereocenters. The molecule has 0 heterocycles. The summed E-state index contributed by atoms with van der Waals surface area (Å²) < 4.78 is 0. The summed E-state index contributed by atoms with van der Waals surface area (Å²) in [4.78, 5) is 3.27. The number of rotatable bonds is 3. The van der Waals surface area contributed by atoms with Gasteiger partial charge in [-0.25, -0.2) is 0 Å². The van der Waals surface area contributed by atoms with Crippen molar-refractivity contribution < 1.29 is 0 Å². The number of hydrogen-bond donors (Lipinski definition) is 0. The van der Waals surface area contributed by atoms with E-state index in [2.05, 4.69) is 30.5 Å². The summed E-state index contributed by atoms with van der Waals surface area (Å²) in [6, 6.07) is 8.88. The SMILES string of the molecule is CSc1ccc(N(C)CCl)cc1. The molecule has 1 aromatic rings. The molecule has 12 heavy (non-hydrogen) atoms. The Labute approximate surface area is 82.7 Å². The molecule has 1 nitrogen and oxygen atoms in total. The average molecular weight is 202 g/mol. The fraction of sp³-hybridized carbons (Fsp3) is 0.333. The number of thioether (sulfide) groups is 1. The largest absolute Gasteiger partial charge is 0.361 e. The minimum atomic E-state index is 0.526. The molecule has 1 aromatic carbocycles. The standard InChI is InChI=1S/C9H12ClNS/c1-11(7-10)8-3-5-9(12-2)6-4-8/h3-6H,7H2,1-2H3. The van der Waals surface area contributed by atoms with Gasteiger partial charge >= 0.3 is 0 Å². The van der Waals surface area contributed by atoms with Crippen LogP contribution in [-0.4, -0.2) is 19.3 Å². The van der Waals surface area contributed by atoms with E-state index < -0.39 is 0 Å². The highest BCUT2D eigenvalue weighted by molar-refractivity contribution is 7.98. The lowest BCUT2D eigenvalue weighted by atomic mass is 10.3. The van der Waals surface area contributed by atoms with Crippen LogP contribution in [0, 0.1) is 0 Å². The maximum Gasteiger partial charge on any atom is 0.0925 e. The van der Waals surface area contributed by atoms with E-state index in [1.807, 2.05) is 11.9 Å². The lowest BCUT2D eigenvalue weighted by molar-refractivity contribution is 1.09. The number of halogens is 1. The maximum absolute atomic E-state index is 5.68. The Bertz CT molecular complexity index is 235. The number of hydrogen-bond acceptors (Lipinski definition) is 2. The molecule has 0 amide bonds. The van der Waals surface area contributed by atoms with Crippen LogP contribution in [0.2, 0.25) is 0 Å². The highest BCUT2D eigenvalue weighted by atomic mass is 35.5. The Kier molecular flexibility index (Phi) is 3.76. The summed E-state index contributed by atoms with van der Waals surface area (Å²) >= 11 is 7.43. The number of alkyl halides is 1. The minimum Gasteiger partial charge on any atom is -0.361 e. The molecule has 66 valence electrons. The van der Waals surface area contributed by atoms with Crippen LogP contribution >= 0.6 is 23.4 Å². The second kappa shape index (κ2) is 4.63. The first kappa shape index (κ1) is 9.75. The molecule has 0 fully saturated rings. The van der Waals surface area contributed by atoms with Crippen LogP contribution in [0.15, 0.2) is 29.2 Å². The smallest absolute Gasteiger partial charge is 0.0925 e. The van der Waals surface area contributed by atoms with Gasteiger partial charge in [0.05, 0.1) is 6.00 Å². The molecule has 0 radical (unpaired) electrons. The van der Waals surface area contributed by atoms with E-state index >= 15 is 0 Å². The molecule has 0 aliphatic carbocycles. The molecule has 0 aliphatic heterocycles. The molecule has 3 heteroatoms. The zero-order valence-corrected chi connectivity index (χ0v) is 8.82. The van der Waals surface area contributed by atoms with E-state index in [0.29, 0.717) is 6.00 Å². The molecule has 0 aliphatic rings. The van der Waals surface area contributed by atoms with E-state index in [1.165, 1.54) is 4.90 Å². The van der Waals surface area contributed by atoms with Crippen molar-refractivity contribution in [2.24, 2.45) is 0 Å². The second-order valence-corrected chi connectivity index (χ2v) is 3.63. The summed E-state index contributed by atoms with van der Waals surface area (Å²) in [5.74, 6) is 0. The van der Waals surface area contributed by atoms with E-state index in [1.54, 1.807) is 11.8 Å². The van der Waals surface area contributed by atoms with Crippen LogP contribution in [0.25, 0.3) is 0 Å². The topological polar surface area (TPSA) is 3.24 Å². The lowest BCUT2D eigenvalue weighted by Crippen LogP contribution is -2.13. The van der Waals surface area contributed by atoms with Crippen molar-refractivity contribution >= 4 is 29.1 Å². The molecule has 0 aromatic heterocycles. The summed E-state index contributed by atoms with van der Waals surface area (Å²) in [6.07, 6.45) is 2.07. The summed E-state index contributed by atoms with van der Waals surface area (Å²) in [6.45, 7) is 0.